The normalized spacial score (nSPS) is 22.2. The van der Waals surface area contributed by atoms with E-state index >= 15 is 0 Å². The first-order valence-corrected chi connectivity index (χ1v) is 5.75. The molecule has 1 unspecified atom stereocenters. The summed E-state index contributed by atoms with van der Waals surface area (Å²) in [7, 11) is 2.03. The van der Waals surface area contributed by atoms with Crippen molar-refractivity contribution in [2.75, 3.05) is 16.8 Å². The minimum Gasteiger partial charge on any atom is -0.352 e. The van der Waals surface area contributed by atoms with Crippen LogP contribution in [0.1, 0.15) is 12.1 Å². The lowest BCUT2D eigenvalue weighted by Crippen LogP contribution is -2.20. The molecule has 0 amide bonds. The first-order chi connectivity index (χ1) is 6.25. The first-order valence-electron chi connectivity index (χ1n) is 4.60. The lowest BCUT2D eigenvalue weighted by atomic mass is 10.3. The fourth-order valence-corrected chi connectivity index (χ4v) is 2.73. The monoisotopic (exact) mass is 197 g/mol. The van der Waals surface area contributed by atoms with Gasteiger partial charge in [-0.1, -0.05) is 0 Å². The Kier molecular flexibility index (Phi) is 2.49. The average molecular weight is 197 g/mol. The molecular formula is C9H15N3S. The van der Waals surface area contributed by atoms with Crippen molar-refractivity contribution >= 4 is 17.7 Å². The Morgan fingerprint density at radius 2 is 2.54 bits per heavy atom. The third-order valence-electron chi connectivity index (χ3n) is 2.26. The van der Waals surface area contributed by atoms with Crippen molar-refractivity contribution in [2.24, 2.45) is 7.05 Å². The van der Waals surface area contributed by atoms with Crippen LogP contribution in [0.2, 0.25) is 0 Å². The molecule has 3 nitrogen and oxygen atoms in total. The van der Waals surface area contributed by atoms with Crippen LogP contribution >= 0.6 is 11.8 Å². The van der Waals surface area contributed by atoms with E-state index in [1.807, 2.05) is 31.9 Å². The van der Waals surface area contributed by atoms with Crippen molar-refractivity contribution in [3.8, 4) is 0 Å². The fraction of sp³-hybridized carbons (Fsp3) is 0.667. The molecule has 2 rings (SSSR count). The molecule has 1 fully saturated rings. The number of nitrogens with one attached hydrogen (secondary N) is 1. The maximum Gasteiger partial charge on any atom is 0.203 e. The van der Waals surface area contributed by atoms with Crippen molar-refractivity contribution in [3.05, 3.63) is 11.9 Å². The summed E-state index contributed by atoms with van der Waals surface area (Å²) in [5, 5.41) is 3.46. The number of hydrogen-bond donors (Lipinski definition) is 1. The van der Waals surface area contributed by atoms with Gasteiger partial charge in [0.1, 0.15) is 0 Å². The van der Waals surface area contributed by atoms with E-state index in [9.17, 15) is 0 Å². The van der Waals surface area contributed by atoms with Crippen molar-refractivity contribution in [2.45, 2.75) is 19.4 Å². The largest absolute Gasteiger partial charge is 0.352 e. The summed E-state index contributed by atoms with van der Waals surface area (Å²) in [6.45, 7) is 2.02. The highest BCUT2D eigenvalue weighted by Crippen LogP contribution is 2.20. The Morgan fingerprint density at radius 3 is 3.08 bits per heavy atom. The Bertz CT molecular complexity index is 289. The third-order valence-corrected chi connectivity index (χ3v) is 3.42. The number of thioether (sulfide) groups is 1. The Hall–Kier alpha value is -0.640. The van der Waals surface area contributed by atoms with Gasteiger partial charge in [0.25, 0.3) is 0 Å². The first kappa shape index (κ1) is 8.94. The van der Waals surface area contributed by atoms with E-state index in [1.165, 1.54) is 17.9 Å². The number of imidazole rings is 1. The summed E-state index contributed by atoms with van der Waals surface area (Å²) in [6.07, 6.45) is 3.31. The molecule has 0 spiro atoms. The summed E-state index contributed by atoms with van der Waals surface area (Å²) in [6, 6.07) is 0.616. The number of anilines is 1. The van der Waals surface area contributed by atoms with Gasteiger partial charge in [-0.3, -0.25) is 0 Å². The van der Waals surface area contributed by atoms with Crippen LogP contribution in [-0.2, 0) is 7.05 Å². The van der Waals surface area contributed by atoms with E-state index in [4.69, 9.17) is 0 Å². The van der Waals surface area contributed by atoms with Crippen LogP contribution in [0.3, 0.4) is 0 Å². The molecule has 1 aliphatic heterocycles. The van der Waals surface area contributed by atoms with Crippen molar-refractivity contribution in [1.29, 1.82) is 0 Å². The zero-order valence-corrected chi connectivity index (χ0v) is 8.90. The van der Waals surface area contributed by atoms with Crippen molar-refractivity contribution in [1.82, 2.24) is 9.55 Å². The van der Waals surface area contributed by atoms with Crippen LogP contribution in [0.25, 0.3) is 0 Å². The second kappa shape index (κ2) is 3.62. The smallest absolute Gasteiger partial charge is 0.203 e. The predicted octanol–water partition coefficient (Wildman–Crippen LogP) is 1.65. The van der Waals surface area contributed by atoms with E-state index in [-0.39, 0.29) is 0 Å². The van der Waals surface area contributed by atoms with E-state index in [1.54, 1.807) is 0 Å². The molecule has 2 heterocycles. The molecule has 1 N–H and O–H groups in total. The molecule has 1 aromatic rings. The zero-order chi connectivity index (χ0) is 9.26. The van der Waals surface area contributed by atoms with Gasteiger partial charge < -0.3 is 9.88 Å². The molecular weight excluding hydrogens is 182 g/mol. The second-order valence-electron chi connectivity index (χ2n) is 3.52. The number of rotatable bonds is 2. The highest BCUT2D eigenvalue weighted by atomic mass is 32.2. The van der Waals surface area contributed by atoms with Gasteiger partial charge in [0.05, 0.1) is 5.69 Å². The minimum absolute atomic E-state index is 0.616. The molecule has 0 aromatic carbocycles. The summed E-state index contributed by atoms with van der Waals surface area (Å²) in [5.41, 5.74) is 1.08. The highest BCUT2D eigenvalue weighted by molar-refractivity contribution is 7.99. The maximum atomic E-state index is 4.42. The van der Waals surface area contributed by atoms with E-state index in [2.05, 4.69) is 14.9 Å². The zero-order valence-electron chi connectivity index (χ0n) is 8.08. The predicted molar refractivity (Wildman–Crippen MR) is 57.3 cm³/mol. The number of nitrogens with zero attached hydrogens (tertiary/aromatic N) is 2. The van der Waals surface area contributed by atoms with Gasteiger partial charge in [-0.05, 0) is 19.1 Å². The average Bonchev–Trinajstić information content (AvgIpc) is 2.63. The summed E-state index contributed by atoms with van der Waals surface area (Å²) < 4.78 is 2.05. The Balaban J connectivity index is 2.03. The van der Waals surface area contributed by atoms with Crippen LogP contribution in [0.5, 0.6) is 0 Å². The van der Waals surface area contributed by atoms with E-state index in [0.717, 1.165) is 11.6 Å². The molecule has 4 heteroatoms. The molecule has 13 heavy (non-hydrogen) atoms. The van der Waals surface area contributed by atoms with Crippen molar-refractivity contribution in [3.63, 3.8) is 0 Å². The lowest BCUT2D eigenvalue weighted by molar-refractivity contribution is 0.779. The van der Waals surface area contributed by atoms with Gasteiger partial charge in [0.15, 0.2) is 0 Å². The van der Waals surface area contributed by atoms with Crippen LogP contribution in [0.15, 0.2) is 6.20 Å². The van der Waals surface area contributed by atoms with Gasteiger partial charge >= 0.3 is 0 Å². The molecule has 0 bridgehead atoms. The Labute approximate surface area is 82.9 Å². The second-order valence-corrected chi connectivity index (χ2v) is 4.67. The van der Waals surface area contributed by atoms with Gasteiger partial charge in [0.2, 0.25) is 5.95 Å². The molecule has 1 aromatic heterocycles. The van der Waals surface area contributed by atoms with Crippen LogP contribution in [0, 0.1) is 6.92 Å². The fourth-order valence-electron chi connectivity index (χ4n) is 1.58. The number of aryl methyl sites for hydroxylation is 2. The Morgan fingerprint density at radius 1 is 1.69 bits per heavy atom. The maximum absolute atomic E-state index is 4.42. The highest BCUT2D eigenvalue weighted by Gasteiger charge is 2.16. The molecule has 0 saturated carbocycles. The van der Waals surface area contributed by atoms with Crippen LogP contribution in [0.4, 0.5) is 5.95 Å². The summed E-state index contributed by atoms with van der Waals surface area (Å²) in [5.74, 6) is 3.50. The van der Waals surface area contributed by atoms with Crippen molar-refractivity contribution < 1.29 is 0 Å². The van der Waals surface area contributed by atoms with Gasteiger partial charge in [-0.15, -0.1) is 0 Å². The molecule has 0 radical (unpaired) electrons. The standard InChI is InChI=1S/C9H15N3S/c1-7-5-12(2)9(10-7)11-8-3-4-13-6-8/h5,8H,3-4,6H2,1-2H3,(H,10,11). The number of hydrogen-bond acceptors (Lipinski definition) is 3. The van der Waals surface area contributed by atoms with Gasteiger partial charge in [-0.2, -0.15) is 11.8 Å². The number of aromatic nitrogens is 2. The van der Waals surface area contributed by atoms with E-state index in [0.29, 0.717) is 6.04 Å². The molecule has 1 saturated heterocycles. The molecule has 1 atom stereocenters. The quantitative estimate of drug-likeness (QED) is 0.781. The minimum atomic E-state index is 0.616. The molecule has 72 valence electrons. The van der Waals surface area contributed by atoms with E-state index < -0.39 is 0 Å². The van der Waals surface area contributed by atoms with Crippen LogP contribution < -0.4 is 5.32 Å². The van der Waals surface area contributed by atoms with Gasteiger partial charge in [-0.25, -0.2) is 4.98 Å². The van der Waals surface area contributed by atoms with Crippen LogP contribution in [-0.4, -0.2) is 27.1 Å². The lowest BCUT2D eigenvalue weighted by Gasteiger charge is -2.11. The summed E-state index contributed by atoms with van der Waals surface area (Å²) in [4.78, 5) is 4.42. The summed E-state index contributed by atoms with van der Waals surface area (Å²) >= 11 is 2.01. The SMILES string of the molecule is Cc1cn(C)c(NC2CCSC2)n1. The third kappa shape index (κ3) is 1.99. The van der Waals surface area contributed by atoms with Gasteiger partial charge in [0, 0.05) is 25.0 Å². The molecule has 0 aliphatic carbocycles. The molecule has 1 aliphatic rings. The topological polar surface area (TPSA) is 29.9 Å².